The van der Waals surface area contributed by atoms with Crippen molar-refractivity contribution in [1.82, 2.24) is 5.32 Å². The lowest BCUT2D eigenvalue weighted by Crippen LogP contribution is -2.30. The number of benzene rings is 1. The molecular weight excluding hydrogens is 226 g/mol. The van der Waals surface area contributed by atoms with Crippen molar-refractivity contribution in [3.63, 3.8) is 0 Å². The fourth-order valence-corrected chi connectivity index (χ4v) is 2.27. The topological polar surface area (TPSA) is 30.5 Å². The summed E-state index contributed by atoms with van der Waals surface area (Å²) in [4.78, 5) is 0. The number of nitrogens with one attached hydrogen (secondary N) is 1. The maximum absolute atomic E-state index is 5.51. The van der Waals surface area contributed by atoms with Gasteiger partial charge in [0.1, 0.15) is 6.79 Å². The molecule has 0 aromatic heterocycles. The first-order valence-electron chi connectivity index (χ1n) is 6.85. The molecule has 3 heteroatoms. The standard InChI is InChI=1S/C15H23NO2/c1-2-5-15(6-3-1)12-18-13-17-10-8-14-7-4-9-16-11-14/h1-3,5-6,14,16H,4,7-13H2. The summed E-state index contributed by atoms with van der Waals surface area (Å²) in [5, 5.41) is 3.42. The number of ether oxygens (including phenoxy) is 2. The third-order valence-corrected chi connectivity index (χ3v) is 3.35. The number of piperidine rings is 1. The summed E-state index contributed by atoms with van der Waals surface area (Å²) in [5.41, 5.74) is 1.19. The molecule has 1 saturated heterocycles. The van der Waals surface area contributed by atoms with Gasteiger partial charge in [0, 0.05) is 6.61 Å². The lowest BCUT2D eigenvalue weighted by molar-refractivity contribution is -0.0648. The van der Waals surface area contributed by atoms with Gasteiger partial charge < -0.3 is 14.8 Å². The van der Waals surface area contributed by atoms with Crippen LogP contribution in [0, 0.1) is 5.92 Å². The van der Waals surface area contributed by atoms with E-state index in [2.05, 4.69) is 17.4 Å². The SMILES string of the molecule is c1ccc(COCOCCC2CCCNC2)cc1. The van der Waals surface area contributed by atoms with Crippen LogP contribution in [0.5, 0.6) is 0 Å². The molecule has 0 aliphatic carbocycles. The van der Waals surface area contributed by atoms with E-state index < -0.39 is 0 Å². The molecule has 0 saturated carbocycles. The molecule has 0 bridgehead atoms. The van der Waals surface area contributed by atoms with Gasteiger partial charge in [-0.2, -0.15) is 0 Å². The van der Waals surface area contributed by atoms with Crippen LogP contribution in [-0.2, 0) is 16.1 Å². The maximum atomic E-state index is 5.51. The Bertz CT molecular complexity index is 310. The van der Waals surface area contributed by atoms with Crippen LogP contribution in [0.15, 0.2) is 30.3 Å². The Morgan fingerprint density at radius 2 is 2.06 bits per heavy atom. The molecule has 1 aliphatic heterocycles. The van der Waals surface area contributed by atoms with Gasteiger partial charge in [0.2, 0.25) is 0 Å². The Morgan fingerprint density at radius 1 is 1.17 bits per heavy atom. The van der Waals surface area contributed by atoms with Crippen molar-refractivity contribution < 1.29 is 9.47 Å². The fraction of sp³-hybridized carbons (Fsp3) is 0.600. The summed E-state index contributed by atoms with van der Waals surface area (Å²) in [6.45, 7) is 4.16. The van der Waals surface area contributed by atoms with Gasteiger partial charge in [-0.25, -0.2) is 0 Å². The van der Waals surface area contributed by atoms with Crippen LogP contribution >= 0.6 is 0 Å². The number of hydrogen-bond donors (Lipinski definition) is 1. The quantitative estimate of drug-likeness (QED) is 0.595. The second-order valence-corrected chi connectivity index (χ2v) is 4.86. The summed E-state index contributed by atoms with van der Waals surface area (Å²) in [5.74, 6) is 0.785. The first-order valence-corrected chi connectivity index (χ1v) is 6.85. The summed E-state index contributed by atoms with van der Waals surface area (Å²) in [6, 6.07) is 10.2. The van der Waals surface area contributed by atoms with E-state index in [1.54, 1.807) is 0 Å². The van der Waals surface area contributed by atoms with Gasteiger partial charge >= 0.3 is 0 Å². The van der Waals surface area contributed by atoms with E-state index in [1.807, 2.05) is 18.2 Å². The number of rotatable bonds is 7. The zero-order valence-corrected chi connectivity index (χ0v) is 10.9. The largest absolute Gasteiger partial charge is 0.355 e. The zero-order valence-electron chi connectivity index (χ0n) is 10.9. The molecule has 3 nitrogen and oxygen atoms in total. The second kappa shape index (κ2) is 8.25. The summed E-state index contributed by atoms with van der Waals surface area (Å²) in [7, 11) is 0. The Hall–Kier alpha value is -0.900. The molecule has 1 N–H and O–H groups in total. The molecule has 1 aromatic carbocycles. The summed E-state index contributed by atoms with van der Waals surface area (Å²) in [6.07, 6.45) is 3.78. The number of hydrogen-bond acceptors (Lipinski definition) is 3. The molecule has 18 heavy (non-hydrogen) atoms. The maximum Gasteiger partial charge on any atom is 0.147 e. The van der Waals surface area contributed by atoms with Crippen molar-refractivity contribution in [3.8, 4) is 0 Å². The highest BCUT2D eigenvalue weighted by atomic mass is 16.7. The van der Waals surface area contributed by atoms with Gasteiger partial charge in [0.05, 0.1) is 6.61 Å². The molecule has 100 valence electrons. The monoisotopic (exact) mass is 249 g/mol. The molecular formula is C15H23NO2. The van der Waals surface area contributed by atoms with Gasteiger partial charge in [-0.1, -0.05) is 30.3 Å². The first kappa shape index (κ1) is 13.5. The molecule has 0 radical (unpaired) electrons. The van der Waals surface area contributed by atoms with E-state index in [1.165, 1.54) is 24.9 Å². The normalized spacial score (nSPS) is 19.9. The Kier molecular flexibility index (Phi) is 6.20. The lowest BCUT2D eigenvalue weighted by Gasteiger charge is -2.22. The van der Waals surface area contributed by atoms with E-state index in [9.17, 15) is 0 Å². The smallest absolute Gasteiger partial charge is 0.147 e. The molecule has 2 rings (SSSR count). The minimum atomic E-state index is 0.398. The zero-order chi connectivity index (χ0) is 12.5. The third kappa shape index (κ3) is 5.17. The highest BCUT2D eigenvalue weighted by Crippen LogP contribution is 2.13. The predicted molar refractivity (Wildman–Crippen MR) is 72.3 cm³/mol. The van der Waals surface area contributed by atoms with Crippen molar-refractivity contribution in [2.45, 2.75) is 25.9 Å². The Morgan fingerprint density at radius 3 is 2.83 bits per heavy atom. The predicted octanol–water partition coefficient (Wildman–Crippen LogP) is 2.57. The average molecular weight is 249 g/mol. The van der Waals surface area contributed by atoms with Crippen molar-refractivity contribution in [2.75, 3.05) is 26.5 Å². The molecule has 1 fully saturated rings. The van der Waals surface area contributed by atoms with Crippen LogP contribution in [0.2, 0.25) is 0 Å². The van der Waals surface area contributed by atoms with Crippen molar-refractivity contribution in [1.29, 1.82) is 0 Å². The van der Waals surface area contributed by atoms with E-state index in [0.717, 1.165) is 25.5 Å². The van der Waals surface area contributed by atoms with Crippen molar-refractivity contribution in [3.05, 3.63) is 35.9 Å². The van der Waals surface area contributed by atoms with E-state index in [4.69, 9.17) is 9.47 Å². The summed E-state index contributed by atoms with van der Waals surface area (Å²) >= 11 is 0. The van der Waals surface area contributed by atoms with Crippen LogP contribution in [0.4, 0.5) is 0 Å². The van der Waals surface area contributed by atoms with Crippen molar-refractivity contribution >= 4 is 0 Å². The van der Waals surface area contributed by atoms with Crippen LogP contribution in [0.25, 0.3) is 0 Å². The minimum Gasteiger partial charge on any atom is -0.355 e. The second-order valence-electron chi connectivity index (χ2n) is 4.86. The van der Waals surface area contributed by atoms with Crippen LogP contribution in [0.1, 0.15) is 24.8 Å². The van der Waals surface area contributed by atoms with Crippen LogP contribution in [0.3, 0.4) is 0 Å². The average Bonchev–Trinajstić information content (AvgIpc) is 2.45. The van der Waals surface area contributed by atoms with Crippen LogP contribution < -0.4 is 5.32 Å². The Labute approximate surface area is 109 Å². The highest BCUT2D eigenvalue weighted by molar-refractivity contribution is 5.13. The van der Waals surface area contributed by atoms with Gasteiger partial charge in [0.25, 0.3) is 0 Å². The molecule has 1 unspecified atom stereocenters. The van der Waals surface area contributed by atoms with Crippen LogP contribution in [-0.4, -0.2) is 26.5 Å². The van der Waals surface area contributed by atoms with E-state index in [0.29, 0.717) is 13.4 Å². The lowest BCUT2D eigenvalue weighted by atomic mass is 9.97. The molecule has 0 spiro atoms. The minimum absolute atomic E-state index is 0.398. The van der Waals surface area contributed by atoms with E-state index >= 15 is 0 Å². The molecule has 1 atom stereocenters. The van der Waals surface area contributed by atoms with Gasteiger partial charge in [-0.3, -0.25) is 0 Å². The molecule has 1 aliphatic rings. The van der Waals surface area contributed by atoms with Gasteiger partial charge in [-0.05, 0) is 43.8 Å². The third-order valence-electron chi connectivity index (χ3n) is 3.35. The van der Waals surface area contributed by atoms with E-state index in [-0.39, 0.29) is 0 Å². The summed E-state index contributed by atoms with van der Waals surface area (Å²) < 4.78 is 11.0. The first-order chi connectivity index (χ1) is 8.95. The molecule has 1 heterocycles. The fourth-order valence-electron chi connectivity index (χ4n) is 2.27. The molecule has 1 aromatic rings. The molecule has 0 amide bonds. The Balaban J connectivity index is 1.46. The van der Waals surface area contributed by atoms with Crippen molar-refractivity contribution in [2.24, 2.45) is 5.92 Å². The van der Waals surface area contributed by atoms with Gasteiger partial charge in [0.15, 0.2) is 0 Å². The van der Waals surface area contributed by atoms with Gasteiger partial charge in [-0.15, -0.1) is 0 Å². The highest BCUT2D eigenvalue weighted by Gasteiger charge is 2.11.